The lowest BCUT2D eigenvalue weighted by atomic mass is 10.1. The number of nitrogens with one attached hydrogen (secondary N) is 1. The minimum atomic E-state index is -3.25. The fourth-order valence-corrected chi connectivity index (χ4v) is 3.14. The SMILES string of the molecule is CC(Oc1ccc(Cl)c(Cl)c1)C(=O)NC(C)c1ccc(S(C)(=O)=O)cc1. The van der Waals surface area contributed by atoms with E-state index in [0.29, 0.717) is 15.8 Å². The topological polar surface area (TPSA) is 72.5 Å². The highest BCUT2D eigenvalue weighted by Gasteiger charge is 2.18. The summed E-state index contributed by atoms with van der Waals surface area (Å²) in [5, 5.41) is 3.58. The first-order valence-electron chi connectivity index (χ1n) is 7.80. The highest BCUT2D eigenvalue weighted by Crippen LogP contribution is 2.27. The van der Waals surface area contributed by atoms with Crippen LogP contribution in [0, 0.1) is 0 Å². The molecule has 1 N–H and O–H groups in total. The van der Waals surface area contributed by atoms with Crippen molar-refractivity contribution in [2.24, 2.45) is 0 Å². The summed E-state index contributed by atoms with van der Waals surface area (Å²) in [6.45, 7) is 3.43. The third-order valence-corrected chi connectivity index (χ3v) is 5.61. The van der Waals surface area contributed by atoms with E-state index in [-0.39, 0.29) is 16.8 Å². The van der Waals surface area contributed by atoms with Crippen molar-refractivity contribution in [2.45, 2.75) is 30.9 Å². The molecule has 5 nitrogen and oxygen atoms in total. The van der Waals surface area contributed by atoms with Crippen LogP contribution >= 0.6 is 23.2 Å². The number of benzene rings is 2. The molecule has 2 aromatic rings. The van der Waals surface area contributed by atoms with Crippen molar-refractivity contribution in [1.82, 2.24) is 5.32 Å². The molecule has 0 heterocycles. The molecule has 0 aliphatic carbocycles. The average Bonchev–Trinajstić information content (AvgIpc) is 2.57. The van der Waals surface area contributed by atoms with Gasteiger partial charge in [-0.1, -0.05) is 35.3 Å². The van der Waals surface area contributed by atoms with Gasteiger partial charge in [-0.15, -0.1) is 0 Å². The Morgan fingerprint density at radius 3 is 2.19 bits per heavy atom. The van der Waals surface area contributed by atoms with Crippen LogP contribution in [-0.2, 0) is 14.6 Å². The summed E-state index contributed by atoms with van der Waals surface area (Å²) in [5.41, 5.74) is 0.785. The first-order chi connectivity index (χ1) is 12.1. The maximum Gasteiger partial charge on any atom is 0.261 e. The maximum atomic E-state index is 12.3. The van der Waals surface area contributed by atoms with Gasteiger partial charge < -0.3 is 10.1 Å². The lowest BCUT2D eigenvalue weighted by Gasteiger charge is -2.19. The van der Waals surface area contributed by atoms with Crippen LogP contribution in [-0.4, -0.2) is 26.7 Å². The molecule has 0 aliphatic heterocycles. The van der Waals surface area contributed by atoms with Crippen molar-refractivity contribution in [3.63, 3.8) is 0 Å². The number of hydrogen-bond donors (Lipinski definition) is 1. The largest absolute Gasteiger partial charge is 0.481 e. The zero-order valence-corrected chi connectivity index (χ0v) is 16.8. The molecule has 0 bridgehead atoms. The highest BCUT2D eigenvalue weighted by molar-refractivity contribution is 7.90. The number of amides is 1. The van der Waals surface area contributed by atoms with Crippen LogP contribution in [0.3, 0.4) is 0 Å². The van der Waals surface area contributed by atoms with Crippen molar-refractivity contribution in [3.8, 4) is 5.75 Å². The van der Waals surface area contributed by atoms with Gasteiger partial charge in [0.15, 0.2) is 15.9 Å². The van der Waals surface area contributed by atoms with Gasteiger partial charge in [0, 0.05) is 12.3 Å². The first-order valence-corrected chi connectivity index (χ1v) is 10.4. The van der Waals surface area contributed by atoms with Crippen molar-refractivity contribution in [2.75, 3.05) is 6.26 Å². The Hall–Kier alpha value is -1.76. The number of carbonyl (C=O) groups is 1. The quantitative estimate of drug-likeness (QED) is 0.772. The summed E-state index contributed by atoms with van der Waals surface area (Å²) in [6.07, 6.45) is 0.403. The molecule has 0 aliphatic rings. The molecule has 0 fully saturated rings. The van der Waals surface area contributed by atoms with E-state index in [1.54, 1.807) is 44.2 Å². The Labute approximate surface area is 163 Å². The Morgan fingerprint density at radius 1 is 1.04 bits per heavy atom. The van der Waals surface area contributed by atoms with E-state index in [9.17, 15) is 13.2 Å². The van der Waals surface area contributed by atoms with E-state index in [1.165, 1.54) is 12.1 Å². The highest BCUT2D eigenvalue weighted by atomic mass is 35.5. The predicted octanol–water partition coefficient (Wildman–Crippen LogP) is 4.04. The first kappa shape index (κ1) is 20.6. The van der Waals surface area contributed by atoms with Gasteiger partial charge >= 0.3 is 0 Å². The molecule has 0 radical (unpaired) electrons. The van der Waals surface area contributed by atoms with Crippen LogP contribution in [0.4, 0.5) is 0 Å². The number of carbonyl (C=O) groups excluding carboxylic acids is 1. The number of hydrogen-bond acceptors (Lipinski definition) is 4. The maximum absolute atomic E-state index is 12.3. The third-order valence-electron chi connectivity index (χ3n) is 3.74. The molecule has 2 aromatic carbocycles. The van der Waals surface area contributed by atoms with Crippen molar-refractivity contribution in [1.29, 1.82) is 0 Å². The Balaban J connectivity index is 2.00. The zero-order valence-electron chi connectivity index (χ0n) is 14.5. The minimum Gasteiger partial charge on any atom is -0.481 e. The summed E-state index contributed by atoms with van der Waals surface area (Å²) >= 11 is 11.8. The van der Waals surface area contributed by atoms with Gasteiger partial charge in [-0.25, -0.2) is 8.42 Å². The van der Waals surface area contributed by atoms with Crippen molar-refractivity contribution >= 4 is 38.9 Å². The Bertz CT molecular complexity index is 898. The van der Waals surface area contributed by atoms with Crippen molar-refractivity contribution in [3.05, 3.63) is 58.1 Å². The number of sulfone groups is 1. The number of halogens is 2. The summed E-state index contributed by atoms with van der Waals surface area (Å²) in [7, 11) is -3.25. The molecule has 0 saturated heterocycles. The van der Waals surface area contributed by atoms with Gasteiger partial charge in [0.2, 0.25) is 0 Å². The lowest BCUT2D eigenvalue weighted by Crippen LogP contribution is -2.37. The average molecular weight is 416 g/mol. The van der Waals surface area contributed by atoms with Gasteiger partial charge in [0.05, 0.1) is 21.0 Å². The molecule has 1 amide bonds. The Kier molecular flexibility index (Phi) is 6.55. The second kappa shape index (κ2) is 8.29. The number of rotatable bonds is 6. The Morgan fingerprint density at radius 2 is 1.65 bits per heavy atom. The van der Waals surface area contributed by atoms with Gasteiger partial charge in [-0.2, -0.15) is 0 Å². The molecular formula is C18H19Cl2NO4S. The van der Waals surface area contributed by atoms with E-state index < -0.39 is 15.9 Å². The van der Waals surface area contributed by atoms with Gasteiger partial charge in [0.25, 0.3) is 5.91 Å². The van der Waals surface area contributed by atoms with E-state index in [4.69, 9.17) is 27.9 Å². The summed E-state index contributed by atoms with van der Waals surface area (Å²) in [4.78, 5) is 12.6. The van der Waals surface area contributed by atoms with E-state index in [2.05, 4.69) is 5.32 Å². The van der Waals surface area contributed by atoms with Crippen LogP contribution in [0.15, 0.2) is 47.4 Å². The summed E-state index contributed by atoms with van der Waals surface area (Å²) < 4.78 is 28.6. The van der Waals surface area contributed by atoms with E-state index >= 15 is 0 Å². The third kappa shape index (κ3) is 5.37. The second-order valence-electron chi connectivity index (χ2n) is 5.91. The fraction of sp³-hybridized carbons (Fsp3) is 0.278. The molecular weight excluding hydrogens is 397 g/mol. The summed E-state index contributed by atoms with van der Waals surface area (Å²) in [5.74, 6) is 0.128. The molecule has 0 spiro atoms. The van der Waals surface area contributed by atoms with Crippen LogP contribution in [0.5, 0.6) is 5.75 Å². The normalized spacial score (nSPS) is 13.7. The minimum absolute atomic E-state index is 0.232. The molecule has 8 heteroatoms. The smallest absolute Gasteiger partial charge is 0.261 e. The fourth-order valence-electron chi connectivity index (χ4n) is 2.23. The van der Waals surface area contributed by atoms with Gasteiger partial charge in [0.1, 0.15) is 5.75 Å². The predicted molar refractivity (Wildman–Crippen MR) is 103 cm³/mol. The zero-order chi connectivity index (χ0) is 19.5. The summed E-state index contributed by atoms with van der Waals surface area (Å²) in [6, 6.07) is 10.8. The van der Waals surface area contributed by atoms with Crippen LogP contribution < -0.4 is 10.1 Å². The number of ether oxygens (including phenoxy) is 1. The standard InChI is InChI=1S/C18H19Cl2NO4S/c1-11(13-4-7-15(8-5-13)26(3,23)24)21-18(22)12(2)25-14-6-9-16(19)17(20)10-14/h4-12H,1-3H3,(H,21,22). The lowest BCUT2D eigenvalue weighted by molar-refractivity contribution is -0.127. The second-order valence-corrected chi connectivity index (χ2v) is 8.74. The molecule has 2 rings (SSSR count). The van der Waals surface area contributed by atoms with E-state index in [1.807, 2.05) is 0 Å². The van der Waals surface area contributed by atoms with Gasteiger partial charge in [-0.05, 0) is 43.7 Å². The van der Waals surface area contributed by atoms with Crippen LogP contribution in [0.2, 0.25) is 10.0 Å². The molecule has 0 saturated carbocycles. The molecule has 2 atom stereocenters. The molecule has 26 heavy (non-hydrogen) atoms. The van der Waals surface area contributed by atoms with Crippen LogP contribution in [0.1, 0.15) is 25.5 Å². The molecule has 2 unspecified atom stereocenters. The van der Waals surface area contributed by atoms with E-state index in [0.717, 1.165) is 11.8 Å². The molecule has 0 aromatic heterocycles. The monoisotopic (exact) mass is 415 g/mol. The van der Waals surface area contributed by atoms with Gasteiger partial charge in [-0.3, -0.25) is 4.79 Å². The van der Waals surface area contributed by atoms with Crippen molar-refractivity contribution < 1.29 is 17.9 Å². The van der Waals surface area contributed by atoms with Crippen LogP contribution in [0.25, 0.3) is 0 Å². The molecule has 140 valence electrons.